The van der Waals surface area contributed by atoms with Crippen LogP contribution in [-0.2, 0) is 4.79 Å². The molecule has 6 heteroatoms. The van der Waals surface area contributed by atoms with Gasteiger partial charge in [0.15, 0.2) is 0 Å². The molecule has 25 heavy (non-hydrogen) atoms. The molecule has 6 nitrogen and oxygen atoms in total. The highest BCUT2D eigenvalue weighted by atomic mass is 16.1. The number of anilines is 1. The molecule has 1 amide bonds. The Balaban J connectivity index is 1.44. The third-order valence-corrected chi connectivity index (χ3v) is 5.46. The fourth-order valence-corrected chi connectivity index (χ4v) is 3.73. The second-order valence-electron chi connectivity index (χ2n) is 7.60. The molecule has 0 aliphatic carbocycles. The van der Waals surface area contributed by atoms with Crippen LogP contribution in [0.5, 0.6) is 0 Å². The molecule has 0 saturated carbocycles. The van der Waals surface area contributed by atoms with Crippen molar-refractivity contribution in [3.05, 3.63) is 18.0 Å². The highest BCUT2D eigenvalue weighted by Crippen LogP contribution is 2.20. The Morgan fingerprint density at radius 3 is 2.84 bits per heavy atom. The zero-order valence-electron chi connectivity index (χ0n) is 15.6. The number of carbonyl (C=O) groups excluding carboxylic acids is 1. The van der Waals surface area contributed by atoms with E-state index in [2.05, 4.69) is 32.0 Å². The number of nitrogens with zero attached hydrogens (tertiary/aromatic N) is 4. The van der Waals surface area contributed by atoms with Crippen LogP contribution >= 0.6 is 0 Å². The molecule has 0 radical (unpaired) electrons. The first-order chi connectivity index (χ1) is 12.1. The Morgan fingerprint density at radius 2 is 2.08 bits per heavy atom. The monoisotopic (exact) mass is 345 g/mol. The Kier molecular flexibility index (Phi) is 6.24. The Morgan fingerprint density at radius 1 is 1.28 bits per heavy atom. The molecule has 1 aromatic heterocycles. The van der Waals surface area contributed by atoms with E-state index < -0.39 is 0 Å². The fourth-order valence-electron chi connectivity index (χ4n) is 3.73. The summed E-state index contributed by atoms with van der Waals surface area (Å²) in [6.07, 6.45) is 6.32. The molecular weight excluding hydrogens is 314 g/mol. The summed E-state index contributed by atoms with van der Waals surface area (Å²) in [5.74, 6) is 1.82. The smallest absolute Gasteiger partial charge is 0.225 e. The number of likely N-dealkylation sites (tertiary alicyclic amines) is 1. The summed E-state index contributed by atoms with van der Waals surface area (Å²) in [5, 5.41) is 3.15. The van der Waals surface area contributed by atoms with E-state index in [0.29, 0.717) is 0 Å². The van der Waals surface area contributed by atoms with Crippen LogP contribution < -0.4 is 10.2 Å². The number of hydrogen-bond donors (Lipinski definition) is 1. The van der Waals surface area contributed by atoms with Gasteiger partial charge >= 0.3 is 0 Å². The molecule has 138 valence electrons. The average molecular weight is 345 g/mol. The van der Waals surface area contributed by atoms with Crippen LogP contribution in [0.25, 0.3) is 0 Å². The van der Waals surface area contributed by atoms with Gasteiger partial charge in [0.2, 0.25) is 11.9 Å². The predicted molar refractivity (Wildman–Crippen MR) is 99.6 cm³/mol. The first-order valence-electron chi connectivity index (χ1n) is 9.66. The molecule has 0 spiro atoms. The maximum absolute atomic E-state index is 12.5. The number of piperidine rings is 2. The second-order valence-corrected chi connectivity index (χ2v) is 7.60. The van der Waals surface area contributed by atoms with Gasteiger partial charge in [-0.1, -0.05) is 6.92 Å². The zero-order chi connectivity index (χ0) is 17.6. The van der Waals surface area contributed by atoms with Crippen molar-refractivity contribution in [1.82, 2.24) is 20.2 Å². The lowest BCUT2D eigenvalue weighted by molar-refractivity contribution is -0.125. The number of amides is 1. The molecule has 2 fully saturated rings. The van der Waals surface area contributed by atoms with E-state index >= 15 is 0 Å². The normalized spacial score (nSPS) is 22.8. The van der Waals surface area contributed by atoms with Crippen molar-refractivity contribution < 1.29 is 4.79 Å². The minimum absolute atomic E-state index is 0.0410. The van der Waals surface area contributed by atoms with Gasteiger partial charge in [-0.2, -0.15) is 0 Å². The van der Waals surface area contributed by atoms with Crippen LogP contribution in [0.2, 0.25) is 0 Å². The van der Waals surface area contributed by atoms with Crippen LogP contribution in [0.1, 0.15) is 38.3 Å². The van der Waals surface area contributed by atoms with E-state index in [1.54, 1.807) is 6.20 Å². The molecule has 3 rings (SSSR count). The van der Waals surface area contributed by atoms with Crippen molar-refractivity contribution in [3.63, 3.8) is 0 Å². The molecule has 3 heterocycles. The second kappa shape index (κ2) is 8.61. The van der Waals surface area contributed by atoms with Gasteiger partial charge in [0.1, 0.15) is 0 Å². The first kappa shape index (κ1) is 18.1. The molecular formula is C19H31N5O. The fraction of sp³-hybridized carbons (Fsp3) is 0.737. The van der Waals surface area contributed by atoms with Crippen molar-refractivity contribution in [2.75, 3.05) is 44.2 Å². The van der Waals surface area contributed by atoms with Crippen LogP contribution in [0, 0.1) is 18.8 Å². The molecule has 2 aliphatic rings. The van der Waals surface area contributed by atoms with Crippen LogP contribution in [-0.4, -0.2) is 60.0 Å². The van der Waals surface area contributed by atoms with Crippen molar-refractivity contribution in [3.8, 4) is 0 Å². The van der Waals surface area contributed by atoms with Gasteiger partial charge in [-0.25, -0.2) is 9.97 Å². The summed E-state index contributed by atoms with van der Waals surface area (Å²) in [7, 11) is 0. The van der Waals surface area contributed by atoms with Gasteiger partial charge < -0.3 is 15.1 Å². The topological polar surface area (TPSA) is 61.4 Å². The molecule has 2 aliphatic heterocycles. The SMILES string of the molecule is Cc1ccnc(N2CCCC(C(=O)NCCN3CCC(C)CC3)C2)n1. The third-order valence-electron chi connectivity index (χ3n) is 5.46. The summed E-state index contributed by atoms with van der Waals surface area (Å²) in [6, 6.07) is 1.90. The van der Waals surface area contributed by atoms with E-state index in [0.717, 1.165) is 56.6 Å². The lowest BCUT2D eigenvalue weighted by Gasteiger charge is -2.33. The minimum Gasteiger partial charge on any atom is -0.355 e. The van der Waals surface area contributed by atoms with Gasteiger partial charge in [0, 0.05) is 38.1 Å². The van der Waals surface area contributed by atoms with E-state index in [9.17, 15) is 4.79 Å². The summed E-state index contributed by atoms with van der Waals surface area (Å²) in [6.45, 7) is 10.0. The van der Waals surface area contributed by atoms with Gasteiger partial charge in [0.05, 0.1) is 5.92 Å². The maximum atomic E-state index is 12.5. The highest BCUT2D eigenvalue weighted by molar-refractivity contribution is 5.79. The van der Waals surface area contributed by atoms with Crippen LogP contribution in [0.15, 0.2) is 12.3 Å². The van der Waals surface area contributed by atoms with E-state index in [1.807, 2.05) is 13.0 Å². The Bertz CT molecular complexity index is 571. The lowest BCUT2D eigenvalue weighted by atomic mass is 9.97. The zero-order valence-corrected chi connectivity index (χ0v) is 15.6. The molecule has 1 N–H and O–H groups in total. The van der Waals surface area contributed by atoms with Gasteiger partial charge in [-0.05, 0) is 57.7 Å². The van der Waals surface area contributed by atoms with Crippen molar-refractivity contribution in [2.45, 2.75) is 39.5 Å². The van der Waals surface area contributed by atoms with Crippen molar-refractivity contribution in [1.29, 1.82) is 0 Å². The van der Waals surface area contributed by atoms with E-state index in [1.165, 1.54) is 25.9 Å². The number of hydrogen-bond acceptors (Lipinski definition) is 5. The quantitative estimate of drug-likeness (QED) is 0.882. The maximum Gasteiger partial charge on any atom is 0.225 e. The minimum atomic E-state index is 0.0410. The molecule has 1 unspecified atom stereocenters. The van der Waals surface area contributed by atoms with E-state index in [-0.39, 0.29) is 11.8 Å². The largest absolute Gasteiger partial charge is 0.355 e. The van der Waals surface area contributed by atoms with Gasteiger partial charge in [-0.15, -0.1) is 0 Å². The highest BCUT2D eigenvalue weighted by Gasteiger charge is 2.27. The number of carbonyl (C=O) groups is 1. The van der Waals surface area contributed by atoms with Gasteiger partial charge in [0.25, 0.3) is 0 Å². The summed E-state index contributed by atoms with van der Waals surface area (Å²) in [4.78, 5) is 26.0. The standard InChI is InChI=1S/C19H31N5O/c1-15-6-11-23(12-7-15)13-9-20-18(25)17-4-3-10-24(14-17)19-21-8-5-16(2)22-19/h5,8,15,17H,3-4,6-7,9-14H2,1-2H3,(H,20,25). The summed E-state index contributed by atoms with van der Waals surface area (Å²) >= 11 is 0. The molecule has 0 bridgehead atoms. The average Bonchev–Trinajstić information content (AvgIpc) is 2.63. The lowest BCUT2D eigenvalue weighted by Crippen LogP contribution is -2.45. The van der Waals surface area contributed by atoms with Crippen molar-refractivity contribution >= 4 is 11.9 Å². The van der Waals surface area contributed by atoms with Crippen LogP contribution in [0.4, 0.5) is 5.95 Å². The number of nitrogens with one attached hydrogen (secondary N) is 1. The molecule has 2 saturated heterocycles. The Labute approximate surface area is 151 Å². The number of aryl methyl sites for hydroxylation is 1. The van der Waals surface area contributed by atoms with E-state index in [4.69, 9.17) is 0 Å². The molecule has 1 aromatic rings. The number of rotatable bonds is 5. The van der Waals surface area contributed by atoms with Crippen molar-refractivity contribution in [2.24, 2.45) is 11.8 Å². The molecule has 1 atom stereocenters. The Hall–Kier alpha value is -1.69. The third kappa shape index (κ3) is 5.14. The van der Waals surface area contributed by atoms with Gasteiger partial charge in [-0.3, -0.25) is 4.79 Å². The number of aromatic nitrogens is 2. The summed E-state index contributed by atoms with van der Waals surface area (Å²) in [5.41, 5.74) is 0.965. The first-order valence-corrected chi connectivity index (χ1v) is 9.66. The molecule has 0 aromatic carbocycles. The van der Waals surface area contributed by atoms with Crippen LogP contribution in [0.3, 0.4) is 0 Å². The predicted octanol–water partition coefficient (Wildman–Crippen LogP) is 1.85. The summed E-state index contributed by atoms with van der Waals surface area (Å²) < 4.78 is 0.